The number of nitrogens with zero attached hydrogens (tertiary/aromatic N) is 1. The van der Waals surface area contributed by atoms with E-state index < -0.39 is 21.3 Å². The molecule has 4 rings (SSSR count). The highest BCUT2D eigenvalue weighted by Crippen LogP contribution is 2.35. The van der Waals surface area contributed by atoms with Gasteiger partial charge >= 0.3 is 0 Å². The molecule has 3 heterocycles. The van der Waals surface area contributed by atoms with Crippen LogP contribution in [0.4, 0.5) is 5.13 Å². The van der Waals surface area contributed by atoms with Crippen LogP contribution in [0, 0.1) is 0 Å². The fraction of sp³-hybridized carbons (Fsp3) is 0.375. The number of thiocarbonyl (C=S) groups is 1. The predicted molar refractivity (Wildman–Crippen MR) is 110 cm³/mol. The number of ether oxygens (including phenoxy) is 2. The molecule has 1 aromatic heterocycles. The molecular formula is C16H16ClN3O4S3. The molecule has 0 amide bonds. The molecule has 0 aliphatic carbocycles. The molecule has 2 N–H and O–H groups in total. The number of halogens is 1. The van der Waals surface area contributed by atoms with Gasteiger partial charge < -0.3 is 20.1 Å². The summed E-state index contributed by atoms with van der Waals surface area (Å²) in [6.45, 7) is 1.08. The smallest absolute Gasteiger partial charge is 0.189 e. The minimum absolute atomic E-state index is 0.0245. The molecule has 144 valence electrons. The first-order chi connectivity index (χ1) is 12.9. The summed E-state index contributed by atoms with van der Waals surface area (Å²) in [5.74, 6) is 1.36. The lowest BCUT2D eigenvalue weighted by Crippen LogP contribution is -2.42. The monoisotopic (exact) mass is 445 g/mol. The van der Waals surface area contributed by atoms with Crippen molar-refractivity contribution in [3.63, 3.8) is 0 Å². The summed E-state index contributed by atoms with van der Waals surface area (Å²) in [4.78, 5) is 4.52. The zero-order valence-electron chi connectivity index (χ0n) is 14.0. The molecule has 1 fully saturated rings. The summed E-state index contributed by atoms with van der Waals surface area (Å²) < 4.78 is 34.4. The number of benzene rings is 1. The highest BCUT2D eigenvalue weighted by Gasteiger charge is 2.36. The van der Waals surface area contributed by atoms with E-state index in [9.17, 15) is 8.42 Å². The summed E-state index contributed by atoms with van der Waals surface area (Å²) >= 11 is 12.7. The number of hydrogen-bond acceptors (Lipinski definition) is 7. The van der Waals surface area contributed by atoms with E-state index in [1.165, 1.54) is 11.3 Å². The zero-order valence-corrected chi connectivity index (χ0v) is 17.2. The third-order valence-electron chi connectivity index (χ3n) is 4.16. The van der Waals surface area contributed by atoms with Gasteiger partial charge in [0.25, 0.3) is 0 Å². The van der Waals surface area contributed by atoms with Crippen molar-refractivity contribution in [1.82, 2.24) is 10.3 Å². The Hall–Kier alpha value is -1.62. The molecule has 2 aliphatic rings. The Bertz CT molecular complexity index is 979. The van der Waals surface area contributed by atoms with Crippen LogP contribution in [0.25, 0.3) is 11.3 Å². The summed E-state index contributed by atoms with van der Waals surface area (Å²) in [5, 5.41) is 8.25. The van der Waals surface area contributed by atoms with E-state index in [0.29, 0.717) is 29.2 Å². The van der Waals surface area contributed by atoms with E-state index in [-0.39, 0.29) is 11.5 Å². The molecule has 0 unspecified atom stereocenters. The number of aromatic nitrogens is 1. The third kappa shape index (κ3) is 4.29. The fourth-order valence-corrected chi connectivity index (χ4v) is 6.49. The average molecular weight is 446 g/mol. The Morgan fingerprint density at radius 1 is 1.26 bits per heavy atom. The molecule has 0 bridgehead atoms. The lowest BCUT2D eigenvalue weighted by Gasteiger charge is -2.18. The van der Waals surface area contributed by atoms with Crippen LogP contribution in [-0.2, 0) is 9.84 Å². The molecule has 0 spiro atoms. The molecular weight excluding hydrogens is 430 g/mol. The van der Waals surface area contributed by atoms with E-state index >= 15 is 0 Å². The van der Waals surface area contributed by atoms with Gasteiger partial charge in [0, 0.05) is 10.9 Å². The molecule has 2 aliphatic heterocycles. The summed E-state index contributed by atoms with van der Waals surface area (Å²) in [7, 11) is -3.12. The van der Waals surface area contributed by atoms with Gasteiger partial charge in [-0.05, 0) is 30.4 Å². The molecule has 1 saturated heterocycles. The van der Waals surface area contributed by atoms with Gasteiger partial charge in [-0.15, -0.1) is 22.9 Å². The van der Waals surface area contributed by atoms with Crippen molar-refractivity contribution >= 4 is 55.2 Å². The first-order valence-electron chi connectivity index (χ1n) is 8.17. The van der Waals surface area contributed by atoms with Crippen LogP contribution in [0.3, 0.4) is 0 Å². The molecule has 2 aromatic rings. The maximum Gasteiger partial charge on any atom is 0.189 e. The van der Waals surface area contributed by atoms with Crippen molar-refractivity contribution in [3.05, 3.63) is 23.6 Å². The van der Waals surface area contributed by atoms with Gasteiger partial charge in [-0.25, -0.2) is 13.4 Å². The Kier molecular flexibility index (Phi) is 5.15. The van der Waals surface area contributed by atoms with Crippen LogP contribution in [0.1, 0.15) is 0 Å². The minimum atomic E-state index is -3.12. The van der Waals surface area contributed by atoms with Crippen molar-refractivity contribution in [2.24, 2.45) is 0 Å². The molecule has 1 aromatic carbocycles. The number of fused-ring (bicyclic) bond motifs is 1. The second-order valence-electron chi connectivity index (χ2n) is 6.19. The normalized spacial score (nSPS) is 23.0. The van der Waals surface area contributed by atoms with Gasteiger partial charge in [0.1, 0.15) is 13.2 Å². The highest BCUT2D eigenvalue weighted by molar-refractivity contribution is 7.91. The maximum absolute atomic E-state index is 11.6. The summed E-state index contributed by atoms with van der Waals surface area (Å²) in [6.07, 6.45) is 0. The van der Waals surface area contributed by atoms with Crippen LogP contribution >= 0.6 is 35.2 Å². The SMILES string of the molecule is O=S1(=O)C[C@@H](Cl)[C@@H](NC(=S)Nc2nc(-c3ccc4c(c3)OCCO4)cs2)C1. The van der Waals surface area contributed by atoms with E-state index in [2.05, 4.69) is 15.6 Å². The van der Waals surface area contributed by atoms with Gasteiger partial charge in [-0.2, -0.15) is 0 Å². The van der Waals surface area contributed by atoms with Gasteiger partial charge in [0.15, 0.2) is 31.6 Å². The number of sulfone groups is 1. The van der Waals surface area contributed by atoms with Crippen LogP contribution in [-0.4, -0.2) is 54.7 Å². The van der Waals surface area contributed by atoms with Gasteiger partial charge in [0.05, 0.1) is 28.6 Å². The van der Waals surface area contributed by atoms with Gasteiger partial charge in [0.2, 0.25) is 0 Å². The number of nitrogens with one attached hydrogen (secondary N) is 2. The average Bonchev–Trinajstić information content (AvgIpc) is 3.18. The molecule has 0 radical (unpaired) electrons. The van der Waals surface area contributed by atoms with Crippen LogP contribution < -0.4 is 20.1 Å². The van der Waals surface area contributed by atoms with E-state index in [0.717, 1.165) is 17.0 Å². The number of rotatable bonds is 3. The lowest BCUT2D eigenvalue weighted by molar-refractivity contribution is 0.171. The maximum atomic E-state index is 11.6. The van der Waals surface area contributed by atoms with Crippen LogP contribution in [0.15, 0.2) is 23.6 Å². The van der Waals surface area contributed by atoms with Gasteiger partial charge in [-0.1, -0.05) is 0 Å². The van der Waals surface area contributed by atoms with Gasteiger partial charge in [-0.3, -0.25) is 0 Å². The van der Waals surface area contributed by atoms with Crippen molar-refractivity contribution < 1.29 is 17.9 Å². The predicted octanol–water partition coefficient (Wildman–Crippen LogP) is 2.27. The van der Waals surface area contributed by atoms with Crippen molar-refractivity contribution in [2.45, 2.75) is 11.4 Å². The van der Waals surface area contributed by atoms with E-state index in [1.807, 2.05) is 23.6 Å². The van der Waals surface area contributed by atoms with Crippen molar-refractivity contribution in [1.29, 1.82) is 0 Å². The van der Waals surface area contributed by atoms with E-state index in [4.69, 9.17) is 33.3 Å². The topological polar surface area (TPSA) is 89.6 Å². The standard InChI is InChI=1S/C16H16ClN3O4S3/c17-10-7-27(21,22)8-12(10)18-15(25)20-16-19-11(6-26-16)9-1-2-13-14(5-9)24-4-3-23-13/h1-2,5-6,10,12H,3-4,7-8H2,(H2,18,19,20,25)/t10-,12+/m1/s1. The molecule has 11 heteroatoms. The first kappa shape index (κ1) is 18.7. The second-order valence-corrected chi connectivity index (χ2v) is 10.2. The van der Waals surface area contributed by atoms with Crippen molar-refractivity contribution in [2.75, 3.05) is 30.0 Å². The Balaban J connectivity index is 1.42. The number of thiazole rings is 1. The summed E-state index contributed by atoms with van der Waals surface area (Å²) in [5.41, 5.74) is 1.69. The fourth-order valence-electron chi connectivity index (χ4n) is 2.90. The lowest BCUT2D eigenvalue weighted by atomic mass is 10.1. The summed E-state index contributed by atoms with van der Waals surface area (Å²) in [6, 6.07) is 5.27. The number of anilines is 1. The molecule has 0 saturated carbocycles. The largest absolute Gasteiger partial charge is 0.486 e. The quantitative estimate of drug-likeness (QED) is 0.549. The van der Waals surface area contributed by atoms with Crippen LogP contribution in [0.5, 0.6) is 11.5 Å². The number of hydrogen-bond donors (Lipinski definition) is 2. The van der Waals surface area contributed by atoms with E-state index in [1.54, 1.807) is 0 Å². The Morgan fingerprint density at radius 2 is 2.04 bits per heavy atom. The molecule has 27 heavy (non-hydrogen) atoms. The number of alkyl halides is 1. The first-order valence-corrected chi connectivity index (χ1v) is 11.7. The van der Waals surface area contributed by atoms with Crippen LogP contribution in [0.2, 0.25) is 0 Å². The van der Waals surface area contributed by atoms with Crippen molar-refractivity contribution in [3.8, 4) is 22.8 Å². The Morgan fingerprint density at radius 3 is 2.78 bits per heavy atom. The Labute approximate surface area is 171 Å². The zero-order chi connectivity index (χ0) is 19.0. The molecule has 7 nitrogen and oxygen atoms in total. The second kappa shape index (κ2) is 7.42. The highest BCUT2D eigenvalue weighted by atomic mass is 35.5. The third-order valence-corrected chi connectivity index (χ3v) is 7.52. The molecule has 2 atom stereocenters. The minimum Gasteiger partial charge on any atom is -0.486 e.